The molecule has 0 heterocycles. The molecule has 0 N–H and O–H groups in total. The first-order chi connectivity index (χ1) is 7.95. The Balaban J connectivity index is 0. The third kappa shape index (κ3) is 4.81. The average molecular weight is 350 g/mol. The molecule has 0 saturated heterocycles. The van der Waals surface area contributed by atoms with Gasteiger partial charge in [-0.05, 0) is 5.39 Å². The van der Waals surface area contributed by atoms with E-state index in [9.17, 15) is 0 Å². The molecule has 0 fully saturated rings. The zero-order valence-corrected chi connectivity index (χ0v) is 15.1. The molecule has 0 atom stereocenters. The molecule has 3 aromatic carbocycles. The van der Waals surface area contributed by atoms with E-state index in [0.717, 1.165) is 5.56 Å². The van der Waals surface area contributed by atoms with Gasteiger partial charge >= 0.3 is 41.9 Å². The Morgan fingerprint density at radius 3 is 2.10 bits per heavy atom. The van der Waals surface area contributed by atoms with E-state index >= 15 is 0 Å². The molecule has 4 heteroatoms. The second kappa shape index (κ2) is 10.7. The molecular formula is C16H11BrClLiMg. The molecule has 0 aromatic heterocycles. The number of hydrogen-bond donors (Lipinski definition) is 0. The van der Waals surface area contributed by atoms with Crippen LogP contribution in [0.1, 0.15) is 0 Å². The molecule has 0 unspecified atom stereocenters. The standard InChI is InChI=1S/C16H11.BrH.ClH.Li.Mg/c1-2-7-13(8-3-1)16-12-6-10-14-9-4-5-11-15(14)16;;;;/h1-7,9-12H;2*1H;;/q-1;;;+1;+2/p-2. The summed E-state index contributed by atoms with van der Waals surface area (Å²) < 4.78 is 0. The van der Waals surface area contributed by atoms with Gasteiger partial charge in [0.2, 0.25) is 0 Å². The van der Waals surface area contributed by atoms with E-state index < -0.39 is 0 Å². The van der Waals surface area contributed by atoms with Gasteiger partial charge in [-0.2, -0.15) is 0 Å². The van der Waals surface area contributed by atoms with Gasteiger partial charge in [0.05, 0.1) is 0 Å². The van der Waals surface area contributed by atoms with Gasteiger partial charge in [-0.3, -0.25) is 0 Å². The maximum Gasteiger partial charge on any atom is 2.00 e. The van der Waals surface area contributed by atoms with Gasteiger partial charge in [0.25, 0.3) is 0 Å². The summed E-state index contributed by atoms with van der Waals surface area (Å²) in [6, 6.07) is 26.2. The number of halogens is 2. The largest absolute Gasteiger partial charge is 2.00 e. The average Bonchev–Trinajstić information content (AvgIpc) is 2.39. The van der Waals surface area contributed by atoms with Crippen LogP contribution in [0.4, 0.5) is 0 Å². The number of hydrogen-bond acceptors (Lipinski definition) is 0. The molecule has 0 aliphatic rings. The molecule has 0 aliphatic carbocycles. The van der Waals surface area contributed by atoms with Crippen LogP contribution in [0.3, 0.4) is 0 Å². The topological polar surface area (TPSA) is 0 Å². The van der Waals surface area contributed by atoms with Gasteiger partial charge in [0, 0.05) is 0 Å². The second-order valence-corrected chi connectivity index (χ2v) is 3.80. The first-order valence-corrected chi connectivity index (χ1v) is 5.40. The first kappa shape index (κ1) is 22.3. The van der Waals surface area contributed by atoms with Crippen LogP contribution in [-0.4, -0.2) is 23.1 Å². The van der Waals surface area contributed by atoms with E-state index in [1.54, 1.807) is 0 Å². The fourth-order valence-corrected chi connectivity index (χ4v) is 2.02. The summed E-state index contributed by atoms with van der Waals surface area (Å²) in [6.45, 7) is 0. The normalized spacial score (nSPS) is 8.40. The third-order valence-corrected chi connectivity index (χ3v) is 2.79. The maximum absolute atomic E-state index is 3.28. The molecule has 0 radical (unpaired) electrons. The van der Waals surface area contributed by atoms with Crippen LogP contribution >= 0.6 is 0 Å². The summed E-state index contributed by atoms with van der Waals surface area (Å²) >= 11 is 0. The van der Waals surface area contributed by atoms with E-state index in [4.69, 9.17) is 0 Å². The van der Waals surface area contributed by atoms with Crippen molar-refractivity contribution in [1.29, 1.82) is 0 Å². The Morgan fingerprint density at radius 1 is 0.750 bits per heavy atom. The van der Waals surface area contributed by atoms with Crippen LogP contribution in [0.2, 0.25) is 0 Å². The Bertz CT molecular complexity index is 626. The predicted octanol–water partition coefficient (Wildman–Crippen LogP) is -5.06. The van der Waals surface area contributed by atoms with E-state index in [1.807, 2.05) is 18.2 Å². The third-order valence-electron chi connectivity index (χ3n) is 2.79. The van der Waals surface area contributed by atoms with Crippen LogP contribution in [0, 0.1) is 6.07 Å². The van der Waals surface area contributed by atoms with E-state index in [2.05, 4.69) is 54.6 Å². The fraction of sp³-hybridized carbons (Fsp3) is 0. The smallest absolute Gasteiger partial charge is 1.00 e. The van der Waals surface area contributed by atoms with Crippen molar-refractivity contribution in [2.45, 2.75) is 0 Å². The molecule has 0 aliphatic heterocycles. The summed E-state index contributed by atoms with van der Waals surface area (Å²) in [4.78, 5) is 0. The van der Waals surface area contributed by atoms with E-state index in [-0.39, 0.29) is 71.3 Å². The minimum absolute atomic E-state index is 0. The SMILES string of the molecule is [Br-].[Cl-].[Li+].[Mg+2].[c-]1ccccc1-c1cccc2ccccc12. The zero-order chi connectivity index (χ0) is 10.8. The molecule has 3 aromatic rings. The fourth-order valence-electron chi connectivity index (χ4n) is 2.02. The van der Waals surface area contributed by atoms with Crippen LogP contribution in [-0.2, 0) is 0 Å². The van der Waals surface area contributed by atoms with Crippen molar-refractivity contribution < 1.29 is 48.2 Å². The molecule has 3 rings (SSSR count). The molecule has 20 heavy (non-hydrogen) atoms. The number of fused-ring (bicyclic) bond motifs is 1. The van der Waals surface area contributed by atoms with Gasteiger partial charge in [0.1, 0.15) is 0 Å². The predicted molar refractivity (Wildman–Crippen MR) is 74.0 cm³/mol. The molecule has 0 nitrogen and oxygen atoms in total. The van der Waals surface area contributed by atoms with Crippen molar-refractivity contribution in [1.82, 2.24) is 0 Å². The molecular weight excluding hydrogens is 339 g/mol. The summed E-state index contributed by atoms with van der Waals surface area (Å²) in [5.74, 6) is 0. The van der Waals surface area contributed by atoms with Crippen LogP contribution < -0.4 is 48.2 Å². The first-order valence-electron chi connectivity index (χ1n) is 5.40. The molecule has 0 saturated carbocycles. The monoisotopic (exact) mass is 348 g/mol. The van der Waals surface area contributed by atoms with Crippen molar-refractivity contribution in [2.24, 2.45) is 0 Å². The van der Waals surface area contributed by atoms with E-state index in [1.165, 1.54) is 16.3 Å². The van der Waals surface area contributed by atoms with Crippen LogP contribution in [0.15, 0.2) is 66.7 Å². The van der Waals surface area contributed by atoms with Crippen molar-refractivity contribution >= 4 is 33.8 Å². The number of benzene rings is 3. The maximum atomic E-state index is 3.28. The summed E-state index contributed by atoms with van der Waals surface area (Å²) in [5.41, 5.74) is 2.40. The van der Waals surface area contributed by atoms with Gasteiger partial charge in [-0.25, -0.2) is 0 Å². The van der Waals surface area contributed by atoms with Gasteiger partial charge in [-0.15, -0.1) is 35.9 Å². The summed E-state index contributed by atoms with van der Waals surface area (Å²) in [6.07, 6.45) is 0. The molecule has 92 valence electrons. The van der Waals surface area contributed by atoms with Crippen LogP contribution in [0.25, 0.3) is 21.9 Å². The summed E-state index contributed by atoms with van der Waals surface area (Å²) in [7, 11) is 0. The molecule has 0 amide bonds. The van der Waals surface area contributed by atoms with Crippen molar-refractivity contribution in [3.8, 4) is 11.1 Å². The van der Waals surface area contributed by atoms with E-state index in [0.29, 0.717) is 0 Å². The second-order valence-electron chi connectivity index (χ2n) is 3.80. The van der Waals surface area contributed by atoms with Crippen molar-refractivity contribution in [2.75, 3.05) is 0 Å². The van der Waals surface area contributed by atoms with Crippen molar-refractivity contribution in [3.63, 3.8) is 0 Å². The van der Waals surface area contributed by atoms with Crippen molar-refractivity contribution in [3.05, 3.63) is 72.8 Å². The Morgan fingerprint density at radius 2 is 1.40 bits per heavy atom. The minimum Gasteiger partial charge on any atom is -1.00 e. The summed E-state index contributed by atoms with van der Waals surface area (Å²) in [5, 5.41) is 2.56. The molecule has 0 spiro atoms. The minimum atomic E-state index is 0. The Kier molecular flexibility index (Phi) is 12.0. The Labute approximate surface area is 164 Å². The zero-order valence-electron chi connectivity index (χ0n) is 11.3. The molecule has 0 bridgehead atoms. The van der Waals surface area contributed by atoms with Gasteiger partial charge in [-0.1, -0.05) is 53.4 Å². The van der Waals surface area contributed by atoms with Gasteiger partial charge in [0.15, 0.2) is 0 Å². The number of rotatable bonds is 1. The van der Waals surface area contributed by atoms with Crippen LogP contribution in [0.5, 0.6) is 0 Å². The Hall–Kier alpha value is 0.0536. The van der Waals surface area contributed by atoms with Gasteiger partial charge < -0.3 is 29.4 Å². The quantitative estimate of drug-likeness (QED) is 0.305.